The number of Topliss-reactive ketones (excluding diaryl/α,β-unsaturated/α-hetero) is 1. The van der Waals surface area contributed by atoms with Crippen molar-refractivity contribution >= 4 is 23.2 Å². The highest BCUT2D eigenvalue weighted by atomic mass is 16.5. The number of rotatable bonds is 7. The fourth-order valence-corrected chi connectivity index (χ4v) is 3.80. The van der Waals surface area contributed by atoms with Crippen LogP contribution in [-0.2, 0) is 4.74 Å². The standard InChI is InChI=1S/C23H26N6O2/c1-15-2-3-17(22(30)16-6-10-31-11-7-16)12-19(15)28-23-24-8-9-29(23)21-13-20(25-14-26-21)27-18-4-5-18/h2-3,8-9,12-14,16,18H,4-7,10-11H2,1H3,(H,24,28)(H,25,26,27). The zero-order valence-electron chi connectivity index (χ0n) is 17.5. The van der Waals surface area contributed by atoms with Gasteiger partial charge in [-0.05, 0) is 44.2 Å². The SMILES string of the molecule is Cc1ccc(C(=O)C2CCOCC2)cc1Nc1nccn1-c1cc(NC2CC2)ncn1. The van der Waals surface area contributed by atoms with E-state index in [1.807, 2.05) is 42.0 Å². The highest BCUT2D eigenvalue weighted by Crippen LogP contribution is 2.27. The number of aryl methyl sites for hydroxylation is 1. The molecule has 8 nitrogen and oxygen atoms in total. The van der Waals surface area contributed by atoms with E-state index >= 15 is 0 Å². The zero-order valence-corrected chi connectivity index (χ0v) is 17.5. The molecular weight excluding hydrogens is 392 g/mol. The third-order valence-corrected chi connectivity index (χ3v) is 5.83. The summed E-state index contributed by atoms with van der Waals surface area (Å²) in [5, 5.41) is 6.78. The van der Waals surface area contributed by atoms with Gasteiger partial charge < -0.3 is 15.4 Å². The largest absolute Gasteiger partial charge is 0.381 e. The summed E-state index contributed by atoms with van der Waals surface area (Å²) in [5.74, 6) is 2.39. The highest BCUT2D eigenvalue weighted by Gasteiger charge is 2.24. The number of carbonyl (C=O) groups excluding carboxylic acids is 1. The summed E-state index contributed by atoms with van der Waals surface area (Å²) in [4.78, 5) is 26.1. The number of aromatic nitrogens is 4. The molecular formula is C23H26N6O2. The maximum Gasteiger partial charge on any atom is 0.213 e. The van der Waals surface area contributed by atoms with Crippen molar-refractivity contribution in [2.45, 2.75) is 38.6 Å². The fourth-order valence-electron chi connectivity index (χ4n) is 3.80. The summed E-state index contributed by atoms with van der Waals surface area (Å²) in [5.41, 5.74) is 2.61. The molecule has 1 aliphatic carbocycles. The Morgan fingerprint density at radius 3 is 2.74 bits per heavy atom. The average molecular weight is 419 g/mol. The van der Waals surface area contributed by atoms with E-state index in [2.05, 4.69) is 25.6 Å². The van der Waals surface area contributed by atoms with Crippen molar-refractivity contribution in [3.8, 4) is 5.82 Å². The second kappa shape index (κ2) is 8.47. The van der Waals surface area contributed by atoms with Crippen molar-refractivity contribution in [1.29, 1.82) is 0 Å². The number of nitrogens with one attached hydrogen (secondary N) is 2. The van der Waals surface area contributed by atoms with Crippen LogP contribution in [0.2, 0.25) is 0 Å². The van der Waals surface area contributed by atoms with Gasteiger partial charge in [-0.25, -0.2) is 15.0 Å². The minimum Gasteiger partial charge on any atom is -0.381 e. The molecule has 31 heavy (non-hydrogen) atoms. The highest BCUT2D eigenvalue weighted by molar-refractivity contribution is 5.99. The summed E-state index contributed by atoms with van der Waals surface area (Å²) in [6, 6.07) is 8.24. The molecule has 0 unspecified atom stereocenters. The van der Waals surface area contributed by atoms with E-state index in [0.29, 0.717) is 25.2 Å². The number of hydrogen-bond acceptors (Lipinski definition) is 7. The molecule has 3 heterocycles. The van der Waals surface area contributed by atoms with E-state index in [0.717, 1.165) is 41.3 Å². The zero-order chi connectivity index (χ0) is 21.2. The third kappa shape index (κ3) is 4.44. The molecule has 2 aromatic heterocycles. The van der Waals surface area contributed by atoms with Gasteiger partial charge in [-0.3, -0.25) is 9.36 Å². The van der Waals surface area contributed by atoms with E-state index in [1.54, 1.807) is 12.5 Å². The third-order valence-electron chi connectivity index (χ3n) is 5.83. The molecule has 2 N–H and O–H groups in total. The topological polar surface area (TPSA) is 94.0 Å². The number of imidazole rings is 1. The van der Waals surface area contributed by atoms with Crippen LogP contribution in [0.15, 0.2) is 43.0 Å². The van der Waals surface area contributed by atoms with E-state index < -0.39 is 0 Å². The molecule has 1 aromatic carbocycles. The van der Waals surface area contributed by atoms with Gasteiger partial charge in [-0.1, -0.05) is 12.1 Å². The van der Waals surface area contributed by atoms with Gasteiger partial charge in [-0.15, -0.1) is 0 Å². The van der Waals surface area contributed by atoms with Crippen molar-refractivity contribution in [2.24, 2.45) is 5.92 Å². The van der Waals surface area contributed by atoms with Gasteiger partial charge in [0.05, 0.1) is 0 Å². The smallest absolute Gasteiger partial charge is 0.213 e. The van der Waals surface area contributed by atoms with Crippen LogP contribution in [0.4, 0.5) is 17.5 Å². The lowest BCUT2D eigenvalue weighted by Gasteiger charge is -2.21. The second-order valence-electron chi connectivity index (χ2n) is 8.21. The molecule has 8 heteroatoms. The molecule has 5 rings (SSSR count). The molecule has 1 saturated heterocycles. The van der Waals surface area contributed by atoms with Gasteiger partial charge >= 0.3 is 0 Å². The van der Waals surface area contributed by atoms with Crippen LogP contribution in [0.25, 0.3) is 5.82 Å². The van der Waals surface area contributed by atoms with Crippen LogP contribution in [0.1, 0.15) is 41.6 Å². The number of anilines is 3. The summed E-state index contributed by atoms with van der Waals surface area (Å²) in [7, 11) is 0. The first-order chi connectivity index (χ1) is 15.2. The Bertz CT molecular complexity index is 1090. The molecule has 0 atom stereocenters. The molecule has 2 aliphatic rings. The first kappa shape index (κ1) is 19.7. The second-order valence-corrected chi connectivity index (χ2v) is 8.21. The number of carbonyl (C=O) groups is 1. The Labute approximate surface area is 181 Å². The summed E-state index contributed by atoms with van der Waals surface area (Å²) in [6.45, 7) is 3.32. The van der Waals surface area contributed by atoms with Crippen LogP contribution < -0.4 is 10.6 Å². The van der Waals surface area contributed by atoms with E-state index in [4.69, 9.17) is 4.74 Å². The van der Waals surface area contributed by atoms with Crippen molar-refractivity contribution in [3.05, 3.63) is 54.1 Å². The Hall–Kier alpha value is -3.26. The van der Waals surface area contributed by atoms with Crippen LogP contribution in [0.5, 0.6) is 0 Å². The molecule has 2 fully saturated rings. The quantitative estimate of drug-likeness (QED) is 0.562. The number of benzene rings is 1. The maximum atomic E-state index is 13.0. The summed E-state index contributed by atoms with van der Waals surface area (Å²) >= 11 is 0. The van der Waals surface area contributed by atoms with Crippen molar-refractivity contribution in [1.82, 2.24) is 19.5 Å². The van der Waals surface area contributed by atoms with Gasteiger partial charge in [0, 0.05) is 54.9 Å². The van der Waals surface area contributed by atoms with Crippen LogP contribution in [0.3, 0.4) is 0 Å². The minimum atomic E-state index is 0.0321. The van der Waals surface area contributed by atoms with Crippen LogP contribution >= 0.6 is 0 Å². The minimum absolute atomic E-state index is 0.0321. The predicted molar refractivity (Wildman–Crippen MR) is 118 cm³/mol. The first-order valence-corrected chi connectivity index (χ1v) is 10.8. The lowest BCUT2D eigenvalue weighted by molar-refractivity contribution is 0.0545. The van der Waals surface area contributed by atoms with E-state index in [9.17, 15) is 4.79 Å². The Morgan fingerprint density at radius 2 is 1.94 bits per heavy atom. The number of hydrogen-bond donors (Lipinski definition) is 2. The van der Waals surface area contributed by atoms with Gasteiger partial charge in [-0.2, -0.15) is 0 Å². The average Bonchev–Trinajstić information content (AvgIpc) is 3.49. The number of ether oxygens (including phenoxy) is 1. The van der Waals surface area contributed by atoms with Crippen LogP contribution in [-0.4, -0.2) is 44.6 Å². The predicted octanol–water partition coefficient (Wildman–Crippen LogP) is 3.90. The summed E-state index contributed by atoms with van der Waals surface area (Å²) < 4.78 is 7.28. The molecule has 0 bridgehead atoms. The Kier molecular flexibility index (Phi) is 5.38. The van der Waals surface area contributed by atoms with Crippen molar-refractivity contribution in [3.63, 3.8) is 0 Å². The Morgan fingerprint density at radius 1 is 1.10 bits per heavy atom. The molecule has 1 aliphatic heterocycles. The molecule has 0 radical (unpaired) electrons. The monoisotopic (exact) mass is 418 g/mol. The maximum absolute atomic E-state index is 13.0. The summed E-state index contributed by atoms with van der Waals surface area (Å²) in [6.07, 6.45) is 9.07. The number of ketones is 1. The normalized spacial score (nSPS) is 16.8. The van der Waals surface area contributed by atoms with Gasteiger partial charge in [0.25, 0.3) is 0 Å². The Balaban J connectivity index is 1.38. The van der Waals surface area contributed by atoms with E-state index in [-0.39, 0.29) is 11.7 Å². The van der Waals surface area contributed by atoms with Gasteiger partial charge in [0.15, 0.2) is 5.78 Å². The number of nitrogens with zero attached hydrogens (tertiary/aromatic N) is 4. The molecule has 0 amide bonds. The van der Waals surface area contributed by atoms with Crippen molar-refractivity contribution < 1.29 is 9.53 Å². The first-order valence-electron chi connectivity index (χ1n) is 10.8. The van der Waals surface area contributed by atoms with Crippen LogP contribution in [0, 0.1) is 12.8 Å². The lowest BCUT2D eigenvalue weighted by atomic mass is 9.90. The van der Waals surface area contributed by atoms with Crippen molar-refractivity contribution in [2.75, 3.05) is 23.8 Å². The molecule has 160 valence electrons. The van der Waals surface area contributed by atoms with Gasteiger partial charge in [0.1, 0.15) is 18.0 Å². The van der Waals surface area contributed by atoms with Gasteiger partial charge in [0.2, 0.25) is 5.95 Å². The molecule has 3 aromatic rings. The van der Waals surface area contributed by atoms with E-state index in [1.165, 1.54) is 12.8 Å². The fraction of sp³-hybridized carbons (Fsp3) is 0.391. The molecule has 0 spiro atoms. The lowest BCUT2D eigenvalue weighted by Crippen LogP contribution is -2.23. The molecule has 1 saturated carbocycles.